The largest absolute Gasteiger partial charge is 0.207 e. The Balaban J connectivity index is 2.37. The molecule has 3 heteroatoms. The summed E-state index contributed by atoms with van der Waals surface area (Å²) in [4.78, 5) is 1.10. The molecule has 0 saturated heterocycles. The van der Waals surface area contributed by atoms with Gasteiger partial charge in [0.2, 0.25) is 0 Å². The topological polar surface area (TPSA) is 0 Å². The molecule has 66 valence electrons. The van der Waals surface area contributed by atoms with E-state index in [0.717, 1.165) is 17.1 Å². The maximum absolute atomic E-state index is 12.4. The number of alkyl halides is 1. The fraction of sp³-hybridized carbons (Fsp3) is 0.333. The average Bonchev–Trinajstić information content (AvgIpc) is 2.09. The Morgan fingerprint density at radius 1 is 1.25 bits per heavy atom. The summed E-state index contributed by atoms with van der Waals surface area (Å²) < 4.78 is 12.4. The normalized spacial score (nSPS) is 10.2. The lowest BCUT2D eigenvalue weighted by molar-refractivity contribution is 0.626. The molecule has 0 fully saturated rings. The first-order valence-corrected chi connectivity index (χ1v) is 5.29. The molecule has 1 aromatic rings. The first-order chi connectivity index (χ1) is 5.83. The number of halogens is 2. The minimum Gasteiger partial charge on any atom is -0.207 e. The predicted molar refractivity (Wildman–Crippen MR) is 52.5 cm³/mol. The van der Waals surface area contributed by atoms with Gasteiger partial charge in [0.15, 0.2) is 0 Å². The van der Waals surface area contributed by atoms with Gasteiger partial charge in [-0.15, -0.1) is 23.4 Å². The first-order valence-electron chi connectivity index (χ1n) is 3.77. The third-order valence-corrected chi connectivity index (χ3v) is 2.73. The lowest BCUT2D eigenvalue weighted by Crippen LogP contribution is -1.81. The second kappa shape index (κ2) is 5.44. The van der Waals surface area contributed by atoms with E-state index in [1.54, 1.807) is 23.9 Å². The van der Waals surface area contributed by atoms with Crippen LogP contribution >= 0.6 is 23.4 Å². The van der Waals surface area contributed by atoms with E-state index >= 15 is 0 Å². The van der Waals surface area contributed by atoms with Gasteiger partial charge in [0, 0.05) is 10.8 Å². The minimum atomic E-state index is -0.184. The highest BCUT2D eigenvalue weighted by molar-refractivity contribution is 7.99. The van der Waals surface area contributed by atoms with Gasteiger partial charge in [0.1, 0.15) is 5.82 Å². The van der Waals surface area contributed by atoms with Crippen molar-refractivity contribution in [1.29, 1.82) is 0 Å². The molecule has 12 heavy (non-hydrogen) atoms. The van der Waals surface area contributed by atoms with Gasteiger partial charge in [-0.2, -0.15) is 0 Å². The smallest absolute Gasteiger partial charge is 0.123 e. The molecule has 1 rings (SSSR count). The fourth-order valence-corrected chi connectivity index (χ4v) is 1.92. The van der Waals surface area contributed by atoms with E-state index in [2.05, 4.69) is 0 Å². The summed E-state index contributed by atoms with van der Waals surface area (Å²) in [6.45, 7) is 0. The Hall–Kier alpha value is -0.210. The van der Waals surface area contributed by atoms with Crippen molar-refractivity contribution in [3.63, 3.8) is 0 Å². The average molecular weight is 205 g/mol. The molecular formula is C9H10ClFS. The van der Waals surface area contributed by atoms with Crippen molar-refractivity contribution in [2.24, 2.45) is 0 Å². The van der Waals surface area contributed by atoms with Crippen LogP contribution < -0.4 is 0 Å². The van der Waals surface area contributed by atoms with Crippen molar-refractivity contribution < 1.29 is 4.39 Å². The molecule has 0 nitrogen and oxygen atoms in total. The molecule has 0 amide bonds. The molecule has 0 bridgehead atoms. The number of rotatable bonds is 4. The minimum absolute atomic E-state index is 0.184. The lowest BCUT2D eigenvalue weighted by atomic mass is 10.4. The van der Waals surface area contributed by atoms with Crippen LogP contribution in [0.25, 0.3) is 0 Å². The van der Waals surface area contributed by atoms with Crippen LogP contribution in [-0.2, 0) is 0 Å². The maximum Gasteiger partial charge on any atom is 0.123 e. The van der Waals surface area contributed by atoms with Gasteiger partial charge in [0.25, 0.3) is 0 Å². The number of hydrogen-bond acceptors (Lipinski definition) is 1. The van der Waals surface area contributed by atoms with Crippen molar-refractivity contribution in [3.8, 4) is 0 Å². The zero-order valence-electron chi connectivity index (χ0n) is 6.59. The van der Waals surface area contributed by atoms with E-state index in [9.17, 15) is 4.39 Å². The molecule has 0 aliphatic heterocycles. The Kier molecular flexibility index (Phi) is 4.48. The molecule has 0 spiro atoms. The molecule has 0 atom stereocenters. The molecule has 0 aromatic heterocycles. The highest BCUT2D eigenvalue weighted by Gasteiger charge is 1.93. The van der Waals surface area contributed by atoms with E-state index in [0.29, 0.717) is 5.88 Å². The molecular weight excluding hydrogens is 195 g/mol. The monoisotopic (exact) mass is 204 g/mol. The molecule has 0 N–H and O–H groups in total. The van der Waals surface area contributed by atoms with Crippen LogP contribution in [0.1, 0.15) is 6.42 Å². The third-order valence-electron chi connectivity index (χ3n) is 1.36. The molecule has 0 unspecified atom stereocenters. The van der Waals surface area contributed by atoms with Crippen LogP contribution in [0.4, 0.5) is 4.39 Å². The molecule has 0 heterocycles. The summed E-state index contributed by atoms with van der Waals surface area (Å²) in [5, 5.41) is 0. The summed E-state index contributed by atoms with van der Waals surface area (Å²) in [6, 6.07) is 6.52. The summed E-state index contributed by atoms with van der Waals surface area (Å²) in [5.41, 5.74) is 0. The standard InChI is InChI=1S/C9H10ClFS/c10-6-1-7-12-9-4-2-8(11)3-5-9/h2-5H,1,6-7H2. The Labute approximate surface area is 81.1 Å². The van der Waals surface area contributed by atoms with Gasteiger partial charge in [-0.3, -0.25) is 0 Å². The van der Waals surface area contributed by atoms with Crippen molar-refractivity contribution in [2.45, 2.75) is 11.3 Å². The molecule has 0 radical (unpaired) electrons. The zero-order valence-corrected chi connectivity index (χ0v) is 8.17. The van der Waals surface area contributed by atoms with Crippen molar-refractivity contribution in [3.05, 3.63) is 30.1 Å². The molecule has 0 saturated carbocycles. The zero-order chi connectivity index (χ0) is 8.81. The molecule has 1 aromatic carbocycles. The fourth-order valence-electron chi connectivity index (χ4n) is 0.775. The molecule has 0 aliphatic carbocycles. The highest BCUT2D eigenvalue weighted by Crippen LogP contribution is 2.18. The van der Waals surface area contributed by atoms with Crippen LogP contribution in [0.3, 0.4) is 0 Å². The predicted octanol–water partition coefficient (Wildman–Crippen LogP) is 3.55. The van der Waals surface area contributed by atoms with Gasteiger partial charge in [-0.1, -0.05) is 0 Å². The second-order valence-corrected chi connectivity index (χ2v) is 3.89. The van der Waals surface area contributed by atoms with E-state index in [-0.39, 0.29) is 5.82 Å². The maximum atomic E-state index is 12.4. The van der Waals surface area contributed by atoms with Gasteiger partial charge in [-0.25, -0.2) is 4.39 Å². The van der Waals surface area contributed by atoms with E-state index < -0.39 is 0 Å². The van der Waals surface area contributed by atoms with E-state index in [1.807, 2.05) is 0 Å². The van der Waals surface area contributed by atoms with Gasteiger partial charge in [-0.05, 0) is 36.4 Å². The Morgan fingerprint density at radius 3 is 2.50 bits per heavy atom. The van der Waals surface area contributed by atoms with Crippen LogP contribution in [0.2, 0.25) is 0 Å². The van der Waals surface area contributed by atoms with Crippen LogP contribution in [0.5, 0.6) is 0 Å². The lowest BCUT2D eigenvalue weighted by Gasteiger charge is -1.98. The Bertz CT molecular complexity index is 222. The third kappa shape index (κ3) is 3.46. The molecule has 0 aliphatic rings. The SMILES string of the molecule is Fc1ccc(SCCCCl)cc1. The number of hydrogen-bond donors (Lipinski definition) is 0. The van der Waals surface area contributed by atoms with Crippen molar-refractivity contribution >= 4 is 23.4 Å². The van der Waals surface area contributed by atoms with Crippen LogP contribution in [0.15, 0.2) is 29.2 Å². The highest BCUT2D eigenvalue weighted by atomic mass is 35.5. The van der Waals surface area contributed by atoms with Gasteiger partial charge >= 0.3 is 0 Å². The van der Waals surface area contributed by atoms with Crippen molar-refractivity contribution in [1.82, 2.24) is 0 Å². The first kappa shape index (κ1) is 9.87. The van der Waals surface area contributed by atoms with E-state index in [1.165, 1.54) is 12.1 Å². The summed E-state index contributed by atoms with van der Waals surface area (Å²) in [5.74, 6) is 1.50. The number of benzene rings is 1. The summed E-state index contributed by atoms with van der Waals surface area (Å²) in [7, 11) is 0. The second-order valence-electron chi connectivity index (χ2n) is 2.34. The summed E-state index contributed by atoms with van der Waals surface area (Å²) >= 11 is 7.22. The van der Waals surface area contributed by atoms with E-state index in [4.69, 9.17) is 11.6 Å². The summed E-state index contributed by atoms with van der Waals surface area (Å²) in [6.07, 6.45) is 0.990. The van der Waals surface area contributed by atoms with Crippen LogP contribution in [-0.4, -0.2) is 11.6 Å². The Morgan fingerprint density at radius 2 is 1.92 bits per heavy atom. The van der Waals surface area contributed by atoms with Gasteiger partial charge in [0.05, 0.1) is 0 Å². The van der Waals surface area contributed by atoms with Gasteiger partial charge < -0.3 is 0 Å². The van der Waals surface area contributed by atoms with Crippen molar-refractivity contribution in [2.75, 3.05) is 11.6 Å². The quantitative estimate of drug-likeness (QED) is 0.411. The van der Waals surface area contributed by atoms with Crippen LogP contribution in [0, 0.1) is 5.82 Å². The number of thioether (sulfide) groups is 1.